The first-order chi connectivity index (χ1) is 12.2. The normalized spacial score (nSPS) is 12.1. The Hall–Kier alpha value is -2.40. The maximum Gasteiger partial charge on any atom is 0.338 e. The second-order valence-electron chi connectivity index (χ2n) is 6.83. The number of Topliss-reactive ketones (excluding diaryl/α,β-unsaturated/α-hetero) is 1. The fourth-order valence-electron chi connectivity index (χ4n) is 3.44. The van der Waals surface area contributed by atoms with E-state index in [2.05, 4.69) is 4.57 Å². The topological polar surface area (TPSA) is 57.5 Å². The quantitative estimate of drug-likeness (QED) is 0.556. The van der Waals surface area contributed by atoms with E-state index in [0.29, 0.717) is 17.7 Å². The highest BCUT2D eigenvalue weighted by Gasteiger charge is 2.20. The van der Waals surface area contributed by atoms with Crippen molar-refractivity contribution in [3.63, 3.8) is 0 Å². The van der Waals surface area contributed by atoms with Crippen LogP contribution in [0, 0.1) is 27.7 Å². The summed E-state index contributed by atoms with van der Waals surface area (Å²) in [6.07, 6.45) is 0. The maximum atomic E-state index is 12.6. The molecular formula is C21H27NO4. The van der Waals surface area contributed by atoms with Gasteiger partial charge in [-0.25, -0.2) is 4.79 Å². The van der Waals surface area contributed by atoms with Gasteiger partial charge in [0.25, 0.3) is 0 Å². The van der Waals surface area contributed by atoms with E-state index in [1.807, 2.05) is 46.8 Å². The Morgan fingerprint density at radius 2 is 1.65 bits per heavy atom. The van der Waals surface area contributed by atoms with E-state index >= 15 is 0 Å². The van der Waals surface area contributed by atoms with Gasteiger partial charge in [0.05, 0.1) is 18.2 Å². The number of methoxy groups -OCH3 is 1. The minimum Gasteiger partial charge on any atom is -0.454 e. The monoisotopic (exact) mass is 357 g/mol. The van der Waals surface area contributed by atoms with Crippen LogP contribution in [-0.4, -0.2) is 36.6 Å². The standard InChI is InChI=1S/C21H27NO4/c1-13-7-14(2)9-18(8-13)21(24)26-12-20(23)19-10-15(3)22(17(19)5)16(4)11-25-6/h7-10,16H,11-12H2,1-6H3. The molecule has 0 fully saturated rings. The number of esters is 1. The van der Waals surface area contributed by atoms with Crippen LogP contribution in [0.3, 0.4) is 0 Å². The number of aryl methyl sites for hydroxylation is 3. The van der Waals surface area contributed by atoms with Crippen molar-refractivity contribution in [2.45, 2.75) is 40.7 Å². The summed E-state index contributed by atoms with van der Waals surface area (Å²) in [4.78, 5) is 24.8. The van der Waals surface area contributed by atoms with E-state index in [-0.39, 0.29) is 18.4 Å². The highest BCUT2D eigenvalue weighted by molar-refractivity contribution is 6.00. The summed E-state index contributed by atoms with van der Waals surface area (Å²) in [6, 6.07) is 7.47. The van der Waals surface area contributed by atoms with Crippen molar-refractivity contribution in [1.29, 1.82) is 0 Å². The van der Waals surface area contributed by atoms with Gasteiger partial charge in [-0.1, -0.05) is 17.2 Å². The molecule has 0 bridgehead atoms. The van der Waals surface area contributed by atoms with Gasteiger partial charge in [0, 0.05) is 24.1 Å². The molecule has 1 aromatic carbocycles. The molecule has 0 radical (unpaired) electrons. The third kappa shape index (κ3) is 4.41. The van der Waals surface area contributed by atoms with Gasteiger partial charge in [0.15, 0.2) is 6.61 Å². The number of aromatic nitrogens is 1. The Morgan fingerprint density at radius 3 is 2.23 bits per heavy atom. The predicted molar refractivity (Wildman–Crippen MR) is 101 cm³/mol. The lowest BCUT2D eigenvalue weighted by Crippen LogP contribution is -2.17. The Labute approximate surface area is 154 Å². The second-order valence-corrected chi connectivity index (χ2v) is 6.83. The van der Waals surface area contributed by atoms with Crippen molar-refractivity contribution >= 4 is 11.8 Å². The van der Waals surface area contributed by atoms with Crippen LogP contribution in [0.15, 0.2) is 24.3 Å². The highest BCUT2D eigenvalue weighted by atomic mass is 16.5. The maximum absolute atomic E-state index is 12.6. The van der Waals surface area contributed by atoms with Crippen LogP contribution in [0.4, 0.5) is 0 Å². The summed E-state index contributed by atoms with van der Waals surface area (Å²) in [5.41, 5.74) is 4.86. The lowest BCUT2D eigenvalue weighted by atomic mass is 10.1. The molecular weight excluding hydrogens is 330 g/mol. The number of ether oxygens (including phenoxy) is 2. The van der Waals surface area contributed by atoms with Gasteiger partial charge in [-0.15, -0.1) is 0 Å². The van der Waals surface area contributed by atoms with Crippen LogP contribution in [0.1, 0.15) is 56.2 Å². The van der Waals surface area contributed by atoms with Crippen molar-refractivity contribution in [3.05, 3.63) is 57.9 Å². The Balaban J connectivity index is 2.11. The number of rotatable bonds is 7. The van der Waals surface area contributed by atoms with Crippen molar-refractivity contribution in [2.24, 2.45) is 0 Å². The zero-order chi connectivity index (χ0) is 19.4. The van der Waals surface area contributed by atoms with Crippen LogP contribution >= 0.6 is 0 Å². The number of hydrogen-bond donors (Lipinski definition) is 0. The van der Waals surface area contributed by atoms with Gasteiger partial charge in [-0.3, -0.25) is 4.79 Å². The number of benzene rings is 1. The van der Waals surface area contributed by atoms with Gasteiger partial charge in [0.1, 0.15) is 0 Å². The molecule has 0 aliphatic rings. The minimum absolute atomic E-state index is 0.124. The molecule has 0 spiro atoms. The summed E-state index contributed by atoms with van der Waals surface area (Å²) in [6.45, 7) is 10.0. The van der Waals surface area contributed by atoms with E-state index in [4.69, 9.17) is 9.47 Å². The van der Waals surface area contributed by atoms with E-state index in [1.165, 1.54) is 0 Å². The molecule has 0 saturated carbocycles. The smallest absolute Gasteiger partial charge is 0.338 e. The van der Waals surface area contributed by atoms with Crippen LogP contribution in [0.2, 0.25) is 0 Å². The van der Waals surface area contributed by atoms with E-state index in [9.17, 15) is 9.59 Å². The molecule has 26 heavy (non-hydrogen) atoms. The Kier molecular flexibility index (Phi) is 6.37. The van der Waals surface area contributed by atoms with Gasteiger partial charge < -0.3 is 14.0 Å². The number of carbonyl (C=O) groups excluding carboxylic acids is 2. The van der Waals surface area contributed by atoms with Gasteiger partial charge in [-0.05, 0) is 52.8 Å². The first kappa shape index (κ1) is 19.9. The van der Waals surface area contributed by atoms with Crippen LogP contribution in [0.5, 0.6) is 0 Å². The Morgan fingerprint density at radius 1 is 1.04 bits per heavy atom. The van der Waals surface area contributed by atoms with Crippen molar-refractivity contribution < 1.29 is 19.1 Å². The molecule has 0 saturated heterocycles. The van der Waals surface area contributed by atoms with E-state index in [0.717, 1.165) is 22.5 Å². The number of carbonyl (C=O) groups is 2. The average molecular weight is 357 g/mol. The van der Waals surface area contributed by atoms with Gasteiger partial charge in [0.2, 0.25) is 5.78 Å². The number of ketones is 1. The molecule has 1 unspecified atom stereocenters. The van der Waals surface area contributed by atoms with E-state index < -0.39 is 5.97 Å². The summed E-state index contributed by atoms with van der Waals surface area (Å²) in [5, 5.41) is 0. The lowest BCUT2D eigenvalue weighted by molar-refractivity contribution is 0.0474. The highest BCUT2D eigenvalue weighted by Crippen LogP contribution is 2.21. The Bertz CT molecular complexity index is 799. The zero-order valence-corrected chi connectivity index (χ0v) is 16.4. The first-order valence-corrected chi connectivity index (χ1v) is 8.70. The van der Waals surface area contributed by atoms with Gasteiger partial charge >= 0.3 is 5.97 Å². The zero-order valence-electron chi connectivity index (χ0n) is 16.4. The molecule has 5 nitrogen and oxygen atoms in total. The SMILES string of the molecule is COCC(C)n1c(C)cc(C(=O)COC(=O)c2cc(C)cc(C)c2)c1C. The van der Waals surface area contributed by atoms with Crippen LogP contribution in [-0.2, 0) is 9.47 Å². The molecule has 140 valence electrons. The molecule has 0 aliphatic carbocycles. The molecule has 2 aromatic rings. The van der Waals surface area contributed by atoms with Crippen LogP contribution < -0.4 is 0 Å². The summed E-state index contributed by atoms with van der Waals surface area (Å²) in [5.74, 6) is -0.682. The fraction of sp³-hybridized carbons (Fsp3) is 0.429. The minimum atomic E-state index is -0.480. The van der Waals surface area contributed by atoms with Crippen LogP contribution in [0.25, 0.3) is 0 Å². The molecule has 0 N–H and O–H groups in total. The fourth-order valence-corrected chi connectivity index (χ4v) is 3.44. The molecule has 2 rings (SSSR count). The molecule has 1 aromatic heterocycles. The van der Waals surface area contributed by atoms with Crippen molar-refractivity contribution in [2.75, 3.05) is 20.3 Å². The third-order valence-electron chi connectivity index (χ3n) is 4.43. The van der Waals surface area contributed by atoms with Crippen molar-refractivity contribution in [3.8, 4) is 0 Å². The molecule has 1 atom stereocenters. The molecule has 1 heterocycles. The summed E-state index contributed by atoms with van der Waals surface area (Å²) in [7, 11) is 1.66. The predicted octanol–water partition coefficient (Wildman–Crippen LogP) is 3.97. The largest absolute Gasteiger partial charge is 0.454 e. The molecule has 0 aliphatic heterocycles. The average Bonchev–Trinajstić information content (AvgIpc) is 2.86. The summed E-state index contributed by atoms with van der Waals surface area (Å²) < 4.78 is 12.5. The van der Waals surface area contributed by atoms with Gasteiger partial charge in [-0.2, -0.15) is 0 Å². The number of hydrogen-bond acceptors (Lipinski definition) is 4. The molecule has 0 amide bonds. The number of nitrogens with zero attached hydrogens (tertiary/aromatic N) is 1. The second kappa shape index (κ2) is 8.32. The lowest BCUT2D eigenvalue weighted by Gasteiger charge is -2.17. The van der Waals surface area contributed by atoms with Crippen molar-refractivity contribution in [1.82, 2.24) is 4.57 Å². The first-order valence-electron chi connectivity index (χ1n) is 8.70. The summed E-state index contributed by atoms with van der Waals surface area (Å²) >= 11 is 0. The van der Waals surface area contributed by atoms with E-state index in [1.54, 1.807) is 19.2 Å². The molecule has 5 heteroatoms. The third-order valence-corrected chi connectivity index (χ3v) is 4.43.